The molecule has 0 atom stereocenters. The van der Waals surface area contributed by atoms with Crippen LogP contribution in [0.15, 0.2) is 90.3 Å². The molecule has 8 heteroatoms. The van der Waals surface area contributed by atoms with Crippen molar-refractivity contribution in [3.05, 3.63) is 107 Å². The van der Waals surface area contributed by atoms with Crippen LogP contribution in [0.25, 0.3) is 0 Å². The molecule has 0 radical (unpaired) electrons. The fourth-order valence-electron chi connectivity index (χ4n) is 2.93. The van der Waals surface area contributed by atoms with Crippen LogP contribution in [-0.4, -0.2) is 20.9 Å². The first-order chi connectivity index (χ1) is 14.8. The fourth-order valence-corrected chi connectivity index (χ4v) is 4.80. The standard InChI is InChI=1S/C23H20Cl2N2O3S/c1-2-14-27(18-9-4-3-5-10-18)31(29,30)19-12-13-22(25)20(15-19)23(28)26-16-17-8-6-7-11-21(17)24/h2-13,15H,1,14,16H2,(H,26,28). The first-order valence-electron chi connectivity index (χ1n) is 9.34. The summed E-state index contributed by atoms with van der Waals surface area (Å²) in [6, 6.07) is 19.8. The smallest absolute Gasteiger partial charge is 0.264 e. The Hall–Kier alpha value is -2.80. The molecule has 160 valence electrons. The zero-order valence-electron chi connectivity index (χ0n) is 16.5. The molecule has 31 heavy (non-hydrogen) atoms. The third-order valence-corrected chi connectivity index (χ3v) is 6.99. The lowest BCUT2D eigenvalue weighted by molar-refractivity contribution is 0.0951. The van der Waals surface area contributed by atoms with Gasteiger partial charge < -0.3 is 5.32 Å². The zero-order valence-corrected chi connectivity index (χ0v) is 18.8. The summed E-state index contributed by atoms with van der Waals surface area (Å²) in [5.74, 6) is -0.503. The van der Waals surface area contributed by atoms with Crippen molar-refractivity contribution < 1.29 is 13.2 Å². The first-order valence-corrected chi connectivity index (χ1v) is 11.5. The molecule has 1 amide bonds. The highest BCUT2D eigenvalue weighted by molar-refractivity contribution is 7.92. The second kappa shape index (κ2) is 10.0. The molecular weight excluding hydrogens is 455 g/mol. The number of rotatable bonds is 8. The maximum Gasteiger partial charge on any atom is 0.264 e. The summed E-state index contributed by atoms with van der Waals surface area (Å²) in [4.78, 5) is 12.7. The van der Waals surface area contributed by atoms with Gasteiger partial charge in [-0.3, -0.25) is 9.10 Å². The van der Waals surface area contributed by atoms with Crippen molar-refractivity contribution in [1.29, 1.82) is 0 Å². The topological polar surface area (TPSA) is 66.5 Å². The normalized spacial score (nSPS) is 11.0. The number of benzene rings is 3. The van der Waals surface area contributed by atoms with Gasteiger partial charge in [-0.25, -0.2) is 8.42 Å². The summed E-state index contributed by atoms with van der Waals surface area (Å²) in [6.45, 7) is 3.90. The molecule has 0 fully saturated rings. The largest absolute Gasteiger partial charge is 0.348 e. The Kier molecular flexibility index (Phi) is 7.38. The lowest BCUT2D eigenvalue weighted by atomic mass is 10.2. The minimum absolute atomic E-state index is 0.0505. The highest BCUT2D eigenvalue weighted by atomic mass is 35.5. The third kappa shape index (κ3) is 5.28. The molecule has 0 saturated heterocycles. The van der Waals surface area contributed by atoms with Crippen molar-refractivity contribution in [3.8, 4) is 0 Å². The Morgan fingerprint density at radius 1 is 0.968 bits per heavy atom. The average molecular weight is 475 g/mol. The van der Waals surface area contributed by atoms with E-state index in [1.54, 1.807) is 48.5 Å². The van der Waals surface area contributed by atoms with Gasteiger partial charge >= 0.3 is 0 Å². The average Bonchev–Trinajstić information content (AvgIpc) is 2.77. The second-order valence-corrected chi connectivity index (χ2v) is 9.25. The number of hydrogen-bond acceptors (Lipinski definition) is 3. The number of halogens is 2. The van der Waals surface area contributed by atoms with Gasteiger partial charge in [-0.05, 0) is 42.0 Å². The van der Waals surface area contributed by atoms with Crippen LogP contribution in [0.5, 0.6) is 0 Å². The molecule has 0 heterocycles. The Bertz CT molecular complexity index is 1200. The van der Waals surface area contributed by atoms with E-state index < -0.39 is 15.9 Å². The number of amides is 1. The number of anilines is 1. The third-order valence-electron chi connectivity index (χ3n) is 4.51. The summed E-state index contributed by atoms with van der Waals surface area (Å²) >= 11 is 12.3. The Morgan fingerprint density at radius 3 is 2.32 bits per heavy atom. The lowest BCUT2D eigenvalue weighted by Crippen LogP contribution is -2.31. The van der Waals surface area contributed by atoms with Gasteiger partial charge in [0.05, 0.1) is 27.7 Å². The van der Waals surface area contributed by atoms with Crippen molar-refractivity contribution in [3.63, 3.8) is 0 Å². The molecule has 0 spiro atoms. The van der Waals surface area contributed by atoms with Crippen LogP contribution < -0.4 is 9.62 Å². The molecule has 0 aliphatic rings. The highest BCUT2D eigenvalue weighted by Gasteiger charge is 2.26. The summed E-state index contributed by atoms with van der Waals surface area (Å²) in [5.41, 5.74) is 1.28. The van der Waals surface area contributed by atoms with Gasteiger partial charge in [-0.2, -0.15) is 0 Å². The predicted octanol–water partition coefficient (Wildman–Crippen LogP) is 5.30. The summed E-state index contributed by atoms with van der Waals surface area (Å²) in [5, 5.41) is 3.39. The van der Waals surface area contributed by atoms with Gasteiger partial charge in [0.15, 0.2) is 0 Å². The Balaban J connectivity index is 1.91. The molecule has 1 N–H and O–H groups in total. The summed E-state index contributed by atoms with van der Waals surface area (Å²) in [6.07, 6.45) is 1.50. The molecule has 0 unspecified atom stereocenters. The van der Waals surface area contributed by atoms with E-state index in [9.17, 15) is 13.2 Å². The SMILES string of the molecule is C=CCN(c1ccccc1)S(=O)(=O)c1ccc(Cl)c(C(=O)NCc2ccccc2Cl)c1. The maximum atomic E-state index is 13.3. The maximum absolute atomic E-state index is 13.3. The molecule has 5 nitrogen and oxygen atoms in total. The van der Waals surface area contributed by atoms with Crippen LogP contribution in [0, 0.1) is 0 Å². The number of para-hydroxylation sites is 1. The number of carbonyl (C=O) groups excluding carboxylic acids is 1. The van der Waals surface area contributed by atoms with E-state index in [0.29, 0.717) is 10.7 Å². The van der Waals surface area contributed by atoms with E-state index in [1.807, 2.05) is 6.07 Å². The number of carbonyl (C=O) groups is 1. The van der Waals surface area contributed by atoms with E-state index in [1.165, 1.54) is 28.6 Å². The molecule has 0 saturated carbocycles. The van der Waals surface area contributed by atoms with Crippen molar-refractivity contribution >= 4 is 44.8 Å². The van der Waals surface area contributed by atoms with E-state index in [4.69, 9.17) is 23.2 Å². The lowest BCUT2D eigenvalue weighted by Gasteiger charge is -2.23. The van der Waals surface area contributed by atoms with Crippen molar-refractivity contribution in [2.24, 2.45) is 0 Å². The monoisotopic (exact) mass is 474 g/mol. The molecule has 3 rings (SSSR count). The van der Waals surface area contributed by atoms with Gasteiger partial charge in [-0.15, -0.1) is 6.58 Å². The minimum Gasteiger partial charge on any atom is -0.348 e. The second-order valence-electron chi connectivity index (χ2n) is 6.58. The van der Waals surface area contributed by atoms with Gasteiger partial charge in [0, 0.05) is 11.6 Å². The number of hydrogen-bond donors (Lipinski definition) is 1. The van der Waals surface area contributed by atoms with Crippen molar-refractivity contribution in [2.75, 3.05) is 10.8 Å². The zero-order chi connectivity index (χ0) is 22.4. The van der Waals surface area contributed by atoms with E-state index >= 15 is 0 Å². The van der Waals surface area contributed by atoms with Crippen LogP contribution in [-0.2, 0) is 16.6 Å². The van der Waals surface area contributed by atoms with Gasteiger partial charge in [-0.1, -0.05) is 65.7 Å². The van der Waals surface area contributed by atoms with Crippen LogP contribution in [0.2, 0.25) is 10.0 Å². The van der Waals surface area contributed by atoms with Crippen LogP contribution in [0.4, 0.5) is 5.69 Å². The molecule has 3 aromatic carbocycles. The van der Waals surface area contributed by atoms with Gasteiger partial charge in [0.2, 0.25) is 0 Å². The first kappa shape index (κ1) is 22.9. The Labute approximate surface area is 192 Å². The molecule has 0 aliphatic carbocycles. The van der Waals surface area contributed by atoms with Crippen LogP contribution >= 0.6 is 23.2 Å². The molecule has 3 aromatic rings. The molecular formula is C23H20Cl2N2O3S. The van der Waals surface area contributed by atoms with Crippen LogP contribution in [0.3, 0.4) is 0 Å². The van der Waals surface area contributed by atoms with Gasteiger partial charge in [0.25, 0.3) is 15.9 Å². The minimum atomic E-state index is -3.96. The highest BCUT2D eigenvalue weighted by Crippen LogP contribution is 2.27. The molecule has 0 aliphatic heterocycles. The predicted molar refractivity (Wildman–Crippen MR) is 125 cm³/mol. The van der Waals surface area contributed by atoms with E-state index in [0.717, 1.165) is 5.56 Å². The number of nitrogens with zero attached hydrogens (tertiary/aromatic N) is 1. The van der Waals surface area contributed by atoms with E-state index in [-0.39, 0.29) is 28.6 Å². The van der Waals surface area contributed by atoms with Gasteiger partial charge in [0.1, 0.15) is 0 Å². The van der Waals surface area contributed by atoms with Crippen LogP contribution in [0.1, 0.15) is 15.9 Å². The van der Waals surface area contributed by atoms with Crippen molar-refractivity contribution in [1.82, 2.24) is 5.32 Å². The number of sulfonamides is 1. The molecule has 0 bridgehead atoms. The summed E-state index contributed by atoms with van der Waals surface area (Å²) < 4.78 is 27.9. The molecule has 0 aromatic heterocycles. The summed E-state index contributed by atoms with van der Waals surface area (Å²) in [7, 11) is -3.96. The quantitative estimate of drug-likeness (QED) is 0.450. The number of nitrogens with one attached hydrogen (secondary N) is 1. The van der Waals surface area contributed by atoms with E-state index in [2.05, 4.69) is 11.9 Å². The van der Waals surface area contributed by atoms with Crippen molar-refractivity contribution in [2.45, 2.75) is 11.4 Å². The Morgan fingerprint density at radius 2 is 1.65 bits per heavy atom. The fraction of sp³-hybridized carbons (Fsp3) is 0.0870.